The van der Waals surface area contributed by atoms with Crippen LogP contribution in [0.2, 0.25) is 0 Å². The highest BCUT2D eigenvalue weighted by molar-refractivity contribution is 5.34. The van der Waals surface area contributed by atoms with Gasteiger partial charge in [0.15, 0.2) is 5.79 Å². The van der Waals surface area contributed by atoms with Gasteiger partial charge in [-0.3, -0.25) is 0 Å². The molecule has 1 aliphatic heterocycles. The zero-order valence-electron chi connectivity index (χ0n) is 11.8. The van der Waals surface area contributed by atoms with E-state index >= 15 is 0 Å². The zero-order chi connectivity index (χ0) is 13.5. The van der Waals surface area contributed by atoms with Crippen LogP contribution in [0, 0.1) is 0 Å². The van der Waals surface area contributed by atoms with Gasteiger partial charge in [-0.15, -0.1) is 0 Å². The average molecular weight is 261 g/mol. The predicted molar refractivity (Wildman–Crippen MR) is 74.9 cm³/mol. The lowest BCUT2D eigenvalue weighted by atomic mass is 9.64. The Morgan fingerprint density at radius 2 is 2.11 bits per heavy atom. The summed E-state index contributed by atoms with van der Waals surface area (Å²) >= 11 is 0. The zero-order valence-corrected chi connectivity index (χ0v) is 11.8. The van der Waals surface area contributed by atoms with Gasteiger partial charge in [0, 0.05) is 12.0 Å². The largest absolute Gasteiger partial charge is 0.347 e. The Morgan fingerprint density at radius 1 is 1.32 bits per heavy atom. The fourth-order valence-corrected chi connectivity index (χ4v) is 3.13. The van der Waals surface area contributed by atoms with E-state index < -0.39 is 5.79 Å². The van der Waals surface area contributed by atoms with Crippen molar-refractivity contribution in [3.8, 4) is 0 Å². The minimum atomic E-state index is -0.470. The molecular weight excluding hydrogens is 238 g/mol. The normalized spacial score (nSPS) is 28.1. The van der Waals surface area contributed by atoms with Crippen molar-refractivity contribution < 1.29 is 9.47 Å². The van der Waals surface area contributed by atoms with Gasteiger partial charge >= 0.3 is 0 Å². The second-order valence-electron chi connectivity index (χ2n) is 6.28. The number of hydrogen-bond donors (Lipinski definition) is 1. The van der Waals surface area contributed by atoms with Crippen molar-refractivity contribution in [1.29, 1.82) is 0 Å². The number of nitrogens with two attached hydrogens (primary N) is 1. The molecule has 1 unspecified atom stereocenters. The highest BCUT2D eigenvalue weighted by atomic mass is 16.7. The molecule has 1 aliphatic carbocycles. The summed E-state index contributed by atoms with van der Waals surface area (Å²) in [6.45, 7) is 5.30. The molecule has 0 spiro atoms. The lowest BCUT2D eigenvalue weighted by Gasteiger charge is -2.41. The Hall–Kier alpha value is -0.900. The minimum Gasteiger partial charge on any atom is -0.347 e. The SMILES string of the molecule is CC1(C)OCC(c2cccc(C3(CN)CCC3)c2)O1. The fourth-order valence-electron chi connectivity index (χ4n) is 3.13. The van der Waals surface area contributed by atoms with Crippen molar-refractivity contribution in [3.63, 3.8) is 0 Å². The Morgan fingerprint density at radius 3 is 2.63 bits per heavy atom. The van der Waals surface area contributed by atoms with Gasteiger partial charge in [0.25, 0.3) is 0 Å². The van der Waals surface area contributed by atoms with Gasteiger partial charge in [-0.1, -0.05) is 30.7 Å². The van der Waals surface area contributed by atoms with Gasteiger partial charge in [-0.25, -0.2) is 0 Å². The van der Waals surface area contributed by atoms with Crippen molar-refractivity contribution in [3.05, 3.63) is 35.4 Å². The Balaban J connectivity index is 1.84. The highest BCUT2D eigenvalue weighted by Gasteiger charge is 2.38. The molecule has 0 aromatic heterocycles. The van der Waals surface area contributed by atoms with Crippen LogP contribution in [-0.2, 0) is 14.9 Å². The molecule has 1 aromatic carbocycles. The predicted octanol–water partition coefficient (Wildman–Crippen LogP) is 2.89. The van der Waals surface area contributed by atoms with E-state index in [-0.39, 0.29) is 11.5 Å². The first-order valence-electron chi connectivity index (χ1n) is 7.17. The molecule has 1 heterocycles. The molecule has 3 heteroatoms. The van der Waals surface area contributed by atoms with Crippen molar-refractivity contribution >= 4 is 0 Å². The standard InChI is InChI=1S/C16H23NO2/c1-15(2)18-10-14(19-15)12-5-3-6-13(9-12)16(11-17)7-4-8-16/h3,5-6,9,14H,4,7-8,10-11,17H2,1-2H3. The summed E-state index contributed by atoms with van der Waals surface area (Å²) in [5.74, 6) is -0.470. The first kappa shape index (κ1) is 13.1. The van der Waals surface area contributed by atoms with Crippen LogP contribution in [0.1, 0.15) is 50.3 Å². The smallest absolute Gasteiger partial charge is 0.163 e. The van der Waals surface area contributed by atoms with Gasteiger partial charge in [0.05, 0.1) is 6.61 Å². The minimum absolute atomic E-state index is 0.0462. The second kappa shape index (κ2) is 4.58. The van der Waals surface area contributed by atoms with Crippen molar-refractivity contribution in [1.82, 2.24) is 0 Å². The van der Waals surface area contributed by atoms with Crippen molar-refractivity contribution in [2.45, 2.75) is 50.4 Å². The van der Waals surface area contributed by atoms with E-state index in [4.69, 9.17) is 15.2 Å². The summed E-state index contributed by atoms with van der Waals surface area (Å²) in [5, 5.41) is 0. The van der Waals surface area contributed by atoms with Gasteiger partial charge in [-0.2, -0.15) is 0 Å². The van der Waals surface area contributed by atoms with Crippen LogP contribution in [0.4, 0.5) is 0 Å². The van der Waals surface area contributed by atoms with Crippen LogP contribution in [0.5, 0.6) is 0 Å². The molecule has 2 aliphatic rings. The molecular formula is C16H23NO2. The van der Waals surface area contributed by atoms with Gasteiger partial charge in [0.2, 0.25) is 0 Å². The molecule has 19 heavy (non-hydrogen) atoms. The molecule has 2 fully saturated rings. The Labute approximate surface area is 115 Å². The van der Waals surface area contributed by atoms with Gasteiger partial charge in [0.1, 0.15) is 6.10 Å². The topological polar surface area (TPSA) is 44.5 Å². The van der Waals surface area contributed by atoms with E-state index in [0.29, 0.717) is 6.61 Å². The van der Waals surface area contributed by atoms with Crippen LogP contribution in [0.25, 0.3) is 0 Å². The number of ether oxygens (including phenoxy) is 2. The van der Waals surface area contributed by atoms with E-state index in [9.17, 15) is 0 Å². The molecule has 0 radical (unpaired) electrons. The molecule has 1 atom stereocenters. The molecule has 3 rings (SSSR count). The van der Waals surface area contributed by atoms with Crippen LogP contribution in [-0.4, -0.2) is 18.9 Å². The van der Waals surface area contributed by atoms with Crippen LogP contribution in [0.3, 0.4) is 0 Å². The summed E-state index contributed by atoms with van der Waals surface area (Å²) < 4.78 is 11.6. The summed E-state index contributed by atoms with van der Waals surface area (Å²) in [6, 6.07) is 8.72. The molecule has 0 bridgehead atoms. The lowest BCUT2D eigenvalue weighted by molar-refractivity contribution is -0.139. The van der Waals surface area contributed by atoms with Crippen LogP contribution >= 0.6 is 0 Å². The molecule has 1 aromatic rings. The monoisotopic (exact) mass is 261 g/mol. The first-order chi connectivity index (χ1) is 9.05. The Kier molecular flexibility index (Phi) is 3.16. The van der Waals surface area contributed by atoms with Gasteiger partial charge < -0.3 is 15.2 Å². The van der Waals surface area contributed by atoms with E-state index in [1.807, 2.05) is 13.8 Å². The summed E-state index contributed by atoms with van der Waals surface area (Å²) in [4.78, 5) is 0. The molecule has 1 saturated carbocycles. The summed E-state index contributed by atoms with van der Waals surface area (Å²) in [7, 11) is 0. The first-order valence-corrected chi connectivity index (χ1v) is 7.17. The Bertz CT molecular complexity index is 460. The molecule has 104 valence electrons. The second-order valence-corrected chi connectivity index (χ2v) is 6.28. The number of hydrogen-bond acceptors (Lipinski definition) is 3. The van der Waals surface area contributed by atoms with Gasteiger partial charge in [-0.05, 0) is 37.8 Å². The van der Waals surface area contributed by atoms with E-state index in [1.165, 1.54) is 30.4 Å². The van der Waals surface area contributed by atoms with E-state index in [2.05, 4.69) is 24.3 Å². The summed E-state index contributed by atoms with van der Waals surface area (Å²) in [5.41, 5.74) is 8.78. The third kappa shape index (κ3) is 2.31. The average Bonchev–Trinajstić information content (AvgIpc) is 2.70. The number of benzene rings is 1. The van der Waals surface area contributed by atoms with Crippen molar-refractivity contribution in [2.24, 2.45) is 5.73 Å². The van der Waals surface area contributed by atoms with Crippen molar-refractivity contribution in [2.75, 3.05) is 13.2 Å². The quantitative estimate of drug-likeness (QED) is 0.910. The molecule has 3 nitrogen and oxygen atoms in total. The molecule has 2 N–H and O–H groups in total. The fraction of sp³-hybridized carbons (Fsp3) is 0.625. The van der Waals surface area contributed by atoms with E-state index in [1.54, 1.807) is 0 Å². The molecule has 1 saturated heterocycles. The van der Waals surface area contributed by atoms with E-state index in [0.717, 1.165) is 6.54 Å². The highest BCUT2D eigenvalue weighted by Crippen LogP contribution is 2.44. The maximum Gasteiger partial charge on any atom is 0.163 e. The summed E-state index contributed by atoms with van der Waals surface area (Å²) in [6.07, 6.45) is 3.75. The third-order valence-electron chi connectivity index (χ3n) is 4.58. The van der Waals surface area contributed by atoms with Crippen LogP contribution in [0.15, 0.2) is 24.3 Å². The maximum atomic E-state index is 5.99. The molecule has 0 amide bonds. The lowest BCUT2D eigenvalue weighted by Crippen LogP contribution is -2.41. The van der Waals surface area contributed by atoms with Crippen LogP contribution < -0.4 is 5.73 Å². The maximum absolute atomic E-state index is 5.99. The number of rotatable bonds is 3. The third-order valence-corrected chi connectivity index (χ3v) is 4.58.